The van der Waals surface area contributed by atoms with Crippen LogP contribution in [0.15, 0.2) is 11.6 Å². The van der Waals surface area contributed by atoms with Crippen LogP contribution < -0.4 is 0 Å². The molecule has 0 aromatic heterocycles. The maximum absolute atomic E-state index is 12.2. The molecule has 0 bridgehead atoms. The summed E-state index contributed by atoms with van der Waals surface area (Å²) in [7, 11) is 0. The summed E-state index contributed by atoms with van der Waals surface area (Å²) >= 11 is 1.53. The van der Waals surface area contributed by atoms with Gasteiger partial charge in [0.15, 0.2) is 5.12 Å². The van der Waals surface area contributed by atoms with Gasteiger partial charge >= 0.3 is 5.97 Å². The van der Waals surface area contributed by atoms with E-state index in [1.807, 2.05) is 0 Å². The van der Waals surface area contributed by atoms with E-state index in [4.69, 9.17) is 4.74 Å². The maximum Gasteiger partial charge on any atom is 0.306 e. The monoisotopic (exact) mass is 418 g/mol. The van der Waals surface area contributed by atoms with Crippen molar-refractivity contribution in [1.29, 1.82) is 0 Å². The number of carbonyl (C=O) groups is 2. The molecular weight excluding hydrogens is 384 g/mol. The molecule has 0 radical (unpaired) electrons. The van der Waals surface area contributed by atoms with E-state index in [1.54, 1.807) is 6.92 Å². The molecule has 1 heterocycles. The largest absolute Gasteiger partial charge is 0.458 e. The summed E-state index contributed by atoms with van der Waals surface area (Å²) in [5.74, 6) is 1.52. The van der Waals surface area contributed by atoms with Crippen LogP contribution in [-0.4, -0.2) is 33.1 Å². The van der Waals surface area contributed by atoms with Gasteiger partial charge in [0.2, 0.25) is 0 Å². The molecule has 0 aromatic rings. The lowest BCUT2D eigenvalue weighted by molar-refractivity contribution is -0.167. The van der Waals surface area contributed by atoms with Crippen molar-refractivity contribution in [2.45, 2.75) is 95.5 Å². The Bertz CT molecular complexity index is 777. The fourth-order valence-corrected chi connectivity index (χ4v) is 9.50. The summed E-state index contributed by atoms with van der Waals surface area (Å²) in [4.78, 5) is 24.3. The van der Waals surface area contributed by atoms with Crippen molar-refractivity contribution >= 4 is 22.8 Å². The number of aliphatic hydroxyl groups is 1. The molecule has 4 unspecified atom stereocenters. The lowest BCUT2D eigenvalue weighted by Crippen LogP contribution is -2.57. The van der Waals surface area contributed by atoms with Gasteiger partial charge in [-0.15, -0.1) is 0 Å². The molecule has 1 spiro atoms. The van der Waals surface area contributed by atoms with E-state index in [9.17, 15) is 14.7 Å². The number of esters is 1. The third-order valence-electron chi connectivity index (χ3n) is 9.74. The van der Waals surface area contributed by atoms with Crippen LogP contribution in [-0.2, 0) is 14.3 Å². The Morgan fingerprint density at radius 3 is 2.59 bits per heavy atom. The first-order chi connectivity index (χ1) is 13.7. The Morgan fingerprint density at radius 2 is 1.90 bits per heavy atom. The predicted octanol–water partition coefficient (Wildman–Crippen LogP) is 4.64. The zero-order valence-electron chi connectivity index (χ0n) is 17.9. The van der Waals surface area contributed by atoms with Crippen LogP contribution in [0.4, 0.5) is 0 Å². The Labute approximate surface area is 178 Å². The normalized spacial score (nSPS) is 51.1. The average molecular weight is 419 g/mol. The third-order valence-corrected chi connectivity index (χ3v) is 10.9. The molecule has 5 aliphatic rings. The Hall–Kier alpha value is -0.810. The van der Waals surface area contributed by atoms with Crippen molar-refractivity contribution in [2.75, 3.05) is 0 Å². The molecule has 1 saturated heterocycles. The first-order valence-electron chi connectivity index (χ1n) is 11.5. The zero-order valence-corrected chi connectivity index (χ0v) is 18.7. The van der Waals surface area contributed by atoms with Gasteiger partial charge in [-0.1, -0.05) is 37.3 Å². The second kappa shape index (κ2) is 6.59. The minimum atomic E-state index is -0.334. The summed E-state index contributed by atoms with van der Waals surface area (Å²) < 4.78 is 6.07. The first kappa shape index (κ1) is 20.1. The Morgan fingerprint density at radius 1 is 1.14 bits per heavy atom. The van der Waals surface area contributed by atoms with Crippen LogP contribution in [0, 0.1) is 28.6 Å². The van der Waals surface area contributed by atoms with E-state index in [-0.39, 0.29) is 38.9 Å². The van der Waals surface area contributed by atoms with Crippen molar-refractivity contribution in [1.82, 2.24) is 0 Å². The predicted molar refractivity (Wildman–Crippen MR) is 113 cm³/mol. The second-order valence-electron chi connectivity index (χ2n) is 10.8. The molecule has 5 rings (SSSR count). The fraction of sp³-hybridized carbons (Fsp3) is 0.833. The van der Waals surface area contributed by atoms with Crippen LogP contribution in [0.3, 0.4) is 0 Å². The topological polar surface area (TPSA) is 63.6 Å². The smallest absolute Gasteiger partial charge is 0.306 e. The highest BCUT2D eigenvalue weighted by Gasteiger charge is 2.68. The molecule has 0 aromatic carbocycles. The second-order valence-corrected chi connectivity index (χ2v) is 12.2. The number of allylic oxidation sites excluding steroid dienone is 1. The van der Waals surface area contributed by atoms with Crippen LogP contribution >= 0.6 is 11.8 Å². The highest BCUT2D eigenvalue weighted by Crippen LogP contribution is 2.70. The number of hydrogen-bond donors (Lipinski definition) is 1. The SMILES string of the molecule is CC(=O)S[C@@H]1CC2=CC(O)CC[C@]2(C)C2CC[C@@]3(C)C(CC[C@@]34CCC(=O)O4)C21. The van der Waals surface area contributed by atoms with Crippen molar-refractivity contribution < 1.29 is 19.4 Å². The number of thioether (sulfide) groups is 1. The third kappa shape index (κ3) is 2.75. The average Bonchev–Trinajstić information content (AvgIpc) is 3.17. The standard InChI is InChI=1S/C24H34O4S/c1-14(25)29-19-13-15-12-16(26)4-8-22(15,2)17-5-9-23(3)18(21(17)19)6-10-24(23)11-7-20(27)28-24/h12,16-19,21,26H,4-11,13H2,1-3H3/t16?,17?,18?,19-,21?,22+,23+,24-/m1/s1. The maximum atomic E-state index is 12.2. The van der Waals surface area contributed by atoms with E-state index in [1.165, 1.54) is 17.3 Å². The van der Waals surface area contributed by atoms with E-state index < -0.39 is 0 Å². The van der Waals surface area contributed by atoms with Gasteiger partial charge in [-0.25, -0.2) is 0 Å². The van der Waals surface area contributed by atoms with E-state index in [0.717, 1.165) is 51.4 Å². The number of ether oxygens (including phenoxy) is 1. The van der Waals surface area contributed by atoms with E-state index in [0.29, 0.717) is 24.2 Å². The van der Waals surface area contributed by atoms with Gasteiger partial charge in [-0.3, -0.25) is 9.59 Å². The van der Waals surface area contributed by atoms with Gasteiger partial charge in [-0.05, 0) is 74.5 Å². The summed E-state index contributed by atoms with van der Waals surface area (Å²) in [5.41, 5.74) is 1.29. The zero-order chi connectivity index (χ0) is 20.6. The molecule has 1 N–H and O–H groups in total. The summed E-state index contributed by atoms with van der Waals surface area (Å²) in [5, 5.41) is 10.8. The molecular formula is C24H34O4S. The number of fused-ring (bicyclic) bond motifs is 6. The minimum Gasteiger partial charge on any atom is -0.458 e. The van der Waals surface area contributed by atoms with Crippen LogP contribution in [0.25, 0.3) is 0 Å². The van der Waals surface area contributed by atoms with Crippen LogP contribution in [0.1, 0.15) is 78.6 Å². The lowest BCUT2D eigenvalue weighted by Gasteiger charge is -2.61. The number of rotatable bonds is 1. The van der Waals surface area contributed by atoms with Crippen LogP contribution in [0.2, 0.25) is 0 Å². The number of aliphatic hydroxyl groups excluding tert-OH is 1. The van der Waals surface area contributed by atoms with Crippen molar-refractivity contribution in [3.63, 3.8) is 0 Å². The molecule has 4 fully saturated rings. The molecule has 0 amide bonds. The fourth-order valence-electron chi connectivity index (χ4n) is 8.28. The summed E-state index contributed by atoms with van der Waals surface area (Å²) in [6.45, 7) is 6.49. The van der Waals surface area contributed by atoms with Crippen molar-refractivity contribution in [3.05, 3.63) is 11.6 Å². The minimum absolute atomic E-state index is 0.0225. The molecule has 160 valence electrons. The van der Waals surface area contributed by atoms with Gasteiger partial charge in [0, 0.05) is 24.0 Å². The number of hydrogen-bond acceptors (Lipinski definition) is 5. The van der Waals surface area contributed by atoms with Gasteiger partial charge in [0.05, 0.1) is 6.10 Å². The van der Waals surface area contributed by atoms with E-state index in [2.05, 4.69) is 19.9 Å². The molecule has 3 saturated carbocycles. The van der Waals surface area contributed by atoms with Crippen LogP contribution in [0.5, 0.6) is 0 Å². The highest BCUT2D eigenvalue weighted by atomic mass is 32.2. The Kier molecular flexibility index (Phi) is 4.57. The van der Waals surface area contributed by atoms with Crippen molar-refractivity contribution in [3.8, 4) is 0 Å². The molecule has 4 nitrogen and oxygen atoms in total. The molecule has 1 aliphatic heterocycles. The van der Waals surface area contributed by atoms with Gasteiger partial charge in [0.25, 0.3) is 0 Å². The molecule has 8 atom stereocenters. The summed E-state index contributed by atoms with van der Waals surface area (Å²) in [6.07, 6.45) is 10.3. The van der Waals surface area contributed by atoms with Gasteiger partial charge < -0.3 is 9.84 Å². The molecule has 4 aliphatic carbocycles. The quantitative estimate of drug-likeness (QED) is 0.496. The summed E-state index contributed by atoms with van der Waals surface area (Å²) in [6, 6.07) is 0. The van der Waals surface area contributed by atoms with Crippen molar-refractivity contribution in [2.24, 2.45) is 28.6 Å². The highest BCUT2D eigenvalue weighted by molar-refractivity contribution is 8.14. The van der Waals surface area contributed by atoms with Gasteiger partial charge in [0.1, 0.15) is 5.60 Å². The lowest BCUT2D eigenvalue weighted by atomic mass is 9.46. The Balaban J connectivity index is 1.55. The van der Waals surface area contributed by atoms with Gasteiger partial charge in [-0.2, -0.15) is 0 Å². The number of carbonyl (C=O) groups excluding carboxylic acids is 2. The molecule has 29 heavy (non-hydrogen) atoms. The first-order valence-corrected chi connectivity index (χ1v) is 12.3. The molecule has 5 heteroatoms. The van der Waals surface area contributed by atoms with E-state index >= 15 is 0 Å².